The van der Waals surface area contributed by atoms with Gasteiger partial charge >= 0.3 is 0 Å². The molecule has 1 aliphatic rings. The second kappa shape index (κ2) is 6.08. The van der Waals surface area contributed by atoms with Crippen molar-refractivity contribution in [3.05, 3.63) is 57.8 Å². The number of nitrogens with one attached hydrogen (secondary N) is 1. The summed E-state index contributed by atoms with van der Waals surface area (Å²) in [5, 5.41) is 17.8. The molecule has 0 saturated heterocycles. The minimum atomic E-state index is -0.409. The van der Waals surface area contributed by atoms with E-state index in [1.54, 1.807) is 11.3 Å². The molecule has 1 aromatic carbocycles. The maximum Gasteiger partial charge on any atom is 0.0922 e. The molecule has 0 saturated carbocycles. The molecule has 0 radical (unpaired) electrons. The molecule has 0 amide bonds. The topological polar surface area (TPSA) is 32.3 Å². The third kappa shape index (κ3) is 2.80. The van der Waals surface area contributed by atoms with Crippen LogP contribution in [0.5, 0.6) is 0 Å². The zero-order chi connectivity index (χ0) is 13.9. The molecule has 3 rings (SSSR count). The largest absolute Gasteiger partial charge is 0.387 e. The highest BCUT2D eigenvalue weighted by molar-refractivity contribution is 7.07. The van der Waals surface area contributed by atoms with Gasteiger partial charge in [0.1, 0.15) is 0 Å². The molecule has 2 nitrogen and oxygen atoms in total. The summed E-state index contributed by atoms with van der Waals surface area (Å²) in [5.74, 6) is 0.644. The van der Waals surface area contributed by atoms with Crippen molar-refractivity contribution >= 4 is 11.3 Å². The summed E-state index contributed by atoms with van der Waals surface area (Å²) in [7, 11) is 0. The fourth-order valence-corrected chi connectivity index (χ4v) is 3.76. The minimum absolute atomic E-state index is 0.371. The summed E-state index contributed by atoms with van der Waals surface area (Å²) in [6, 6.07) is 11.1. The van der Waals surface area contributed by atoms with Crippen LogP contribution in [0.15, 0.2) is 41.1 Å². The van der Waals surface area contributed by atoms with E-state index >= 15 is 0 Å². The molecule has 3 atom stereocenters. The molecule has 0 bridgehead atoms. The molecule has 0 fully saturated rings. The summed E-state index contributed by atoms with van der Waals surface area (Å²) in [5.41, 5.74) is 3.88. The first-order valence-electron chi connectivity index (χ1n) is 7.28. The Labute approximate surface area is 124 Å². The van der Waals surface area contributed by atoms with Gasteiger partial charge in [-0.2, -0.15) is 11.3 Å². The molecule has 20 heavy (non-hydrogen) atoms. The van der Waals surface area contributed by atoms with E-state index in [2.05, 4.69) is 36.5 Å². The number of aliphatic hydroxyl groups excluding tert-OH is 1. The van der Waals surface area contributed by atoms with Gasteiger partial charge in [0.05, 0.1) is 6.10 Å². The number of thiophene rings is 1. The van der Waals surface area contributed by atoms with Crippen LogP contribution in [0.1, 0.15) is 54.5 Å². The minimum Gasteiger partial charge on any atom is -0.387 e. The Morgan fingerprint density at radius 1 is 1.25 bits per heavy atom. The van der Waals surface area contributed by atoms with E-state index in [0.717, 1.165) is 12.0 Å². The maximum atomic E-state index is 10.2. The number of hydrogen-bond donors (Lipinski definition) is 2. The lowest BCUT2D eigenvalue weighted by Crippen LogP contribution is -2.29. The van der Waals surface area contributed by atoms with Crippen LogP contribution in [0.25, 0.3) is 0 Å². The Morgan fingerprint density at radius 3 is 2.80 bits per heavy atom. The quantitative estimate of drug-likeness (QED) is 0.890. The number of aliphatic hydroxyl groups is 1. The third-order valence-electron chi connectivity index (χ3n) is 4.28. The van der Waals surface area contributed by atoms with Gasteiger partial charge in [-0.1, -0.05) is 31.2 Å². The monoisotopic (exact) mass is 287 g/mol. The van der Waals surface area contributed by atoms with Gasteiger partial charge in [0, 0.05) is 12.6 Å². The molecule has 2 aromatic rings. The molecule has 0 aliphatic heterocycles. The summed E-state index contributed by atoms with van der Waals surface area (Å²) < 4.78 is 0. The van der Waals surface area contributed by atoms with Gasteiger partial charge in [0.25, 0.3) is 0 Å². The van der Waals surface area contributed by atoms with Crippen LogP contribution in [0, 0.1) is 0 Å². The molecule has 106 valence electrons. The van der Waals surface area contributed by atoms with E-state index in [1.165, 1.54) is 17.5 Å². The Hall–Kier alpha value is -1.16. The summed E-state index contributed by atoms with van der Waals surface area (Å²) in [6.07, 6.45) is 1.95. The van der Waals surface area contributed by atoms with Gasteiger partial charge in [0.15, 0.2) is 0 Å². The average Bonchev–Trinajstić information content (AvgIpc) is 3.01. The number of rotatable bonds is 4. The smallest absolute Gasteiger partial charge is 0.0922 e. The summed E-state index contributed by atoms with van der Waals surface area (Å²) in [4.78, 5) is 0. The van der Waals surface area contributed by atoms with Gasteiger partial charge in [-0.15, -0.1) is 0 Å². The summed E-state index contributed by atoms with van der Waals surface area (Å²) >= 11 is 1.63. The predicted molar refractivity (Wildman–Crippen MR) is 84.1 cm³/mol. The van der Waals surface area contributed by atoms with Crippen molar-refractivity contribution in [2.45, 2.75) is 37.8 Å². The first-order valence-corrected chi connectivity index (χ1v) is 8.22. The van der Waals surface area contributed by atoms with Crippen molar-refractivity contribution in [2.24, 2.45) is 0 Å². The van der Waals surface area contributed by atoms with E-state index in [9.17, 15) is 5.11 Å². The van der Waals surface area contributed by atoms with Crippen molar-refractivity contribution < 1.29 is 5.11 Å². The fraction of sp³-hybridized carbons (Fsp3) is 0.412. The highest BCUT2D eigenvalue weighted by Gasteiger charge is 2.24. The number of fused-ring (bicyclic) bond motifs is 1. The lowest BCUT2D eigenvalue weighted by Gasteiger charge is -2.31. The van der Waals surface area contributed by atoms with Crippen LogP contribution in [-0.2, 0) is 0 Å². The Kier molecular flexibility index (Phi) is 4.20. The Morgan fingerprint density at radius 2 is 2.05 bits per heavy atom. The van der Waals surface area contributed by atoms with Gasteiger partial charge in [-0.3, -0.25) is 0 Å². The van der Waals surface area contributed by atoms with E-state index in [4.69, 9.17) is 0 Å². The molecule has 1 heterocycles. The van der Waals surface area contributed by atoms with E-state index in [1.807, 2.05) is 16.8 Å². The molecule has 3 heteroatoms. The van der Waals surface area contributed by atoms with Crippen molar-refractivity contribution in [1.29, 1.82) is 0 Å². The lowest BCUT2D eigenvalue weighted by molar-refractivity contribution is 0.168. The molecular weight excluding hydrogens is 266 g/mol. The van der Waals surface area contributed by atoms with Crippen molar-refractivity contribution in [1.82, 2.24) is 5.32 Å². The number of benzene rings is 1. The molecule has 1 aliphatic carbocycles. The van der Waals surface area contributed by atoms with Gasteiger partial charge in [0.2, 0.25) is 0 Å². The first-order chi connectivity index (χ1) is 9.75. The van der Waals surface area contributed by atoms with Gasteiger partial charge in [-0.05, 0) is 52.3 Å². The SMILES string of the molecule is CC1CCC(NCC(O)c2ccsc2)c2ccccc21. The second-order valence-electron chi connectivity index (χ2n) is 5.64. The molecule has 3 unspecified atom stereocenters. The molecule has 1 aromatic heterocycles. The average molecular weight is 287 g/mol. The lowest BCUT2D eigenvalue weighted by atomic mass is 9.81. The summed E-state index contributed by atoms with van der Waals surface area (Å²) in [6.45, 7) is 2.92. The van der Waals surface area contributed by atoms with Crippen LogP contribution >= 0.6 is 11.3 Å². The third-order valence-corrected chi connectivity index (χ3v) is 4.98. The van der Waals surface area contributed by atoms with Crippen LogP contribution < -0.4 is 5.32 Å². The highest BCUT2D eigenvalue weighted by atomic mass is 32.1. The zero-order valence-corrected chi connectivity index (χ0v) is 12.6. The van der Waals surface area contributed by atoms with E-state index < -0.39 is 6.10 Å². The van der Waals surface area contributed by atoms with Crippen LogP contribution in [0.4, 0.5) is 0 Å². The normalized spacial score (nSPS) is 23.3. The molecular formula is C17H21NOS. The standard InChI is InChI=1S/C17H21NOS/c1-12-6-7-16(15-5-3-2-4-14(12)15)18-10-17(19)13-8-9-20-11-13/h2-5,8-9,11-12,16-19H,6-7,10H2,1H3. The fourth-order valence-electron chi connectivity index (χ4n) is 3.05. The van der Waals surface area contributed by atoms with Crippen LogP contribution in [-0.4, -0.2) is 11.7 Å². The van der Waals surface area contributed by atoms with Crippen LogP contribution in [0.2, 0.25) is 0 Å². The zero-order valence-electron chi connectivity index (χ0n) is 11.8. The maximum absolute atomic E-state index is 10.2. The Balaban J connectivity index is 1.68. The molecule has 2 N–H and O–H groups in total. The molecule has 0 spiro atoms. The van der Waals surface area contributed by atoms with Crippen LogP contribution in [0.3, 0.4) is 0 Å². The van der Waals surface area contributed by atoms with Gasteiger partial charge < -0.3 is 10.4 Å². The Bertz CT molecular complexity index is 552. The van der Waals surface area contributed by atoms with Gasteiger partial charge in [-0.25, -0.2) is 0 Å². The van der Waals surface area contributed by atoms with Crippen molar-refractivity contribution in [3.63, 3.8) is 0 Å². The predicted octanol–water partition coefficient (Wildman–Crippen LogP) is 4.01. The second-order valence-corrected chi connectivity index (χ2v) is 6.42. The highest BCUT2D eigenvalue weighted by Crippen LogP contribution is 2.37. The first kappa shape index (κ1) is 13.8. The van der Waals surface area contributed by atoms with Crippen molar-refractivity contribution in [2.75, 3.05) is 6.54 Å². The van der Waals surface area contributed by atoms with E-state index in [-0.39, 0.29) is 0 Å². The van der Waals surface area contributed by atoms with Crippen molar-refractivity contribution in [3.8, 4) is 0 Å². The number of hydrogen-bond acceptors (Lipinski definition) is 3. The van der Waals surface area contributed by atoms with E-state index in [0.29, 0.717) is 18.5 Å².